The molecule has 2 heteroatoms. The highest BCUT2D eigenvalue weighted by atomic mass is 35.5. The van der Waals surface area contributed by atoms with Gasteiger partial charge in [-0.3, -0.25) is 0 Å². The van der Waals surface area contributed by atoms with Crippen molar-refractivity contribution in [3.8, 4) is 0 Å². The van der Waals surface area contributed by atoms with Gasteiger partial charge in [-0.2, -0.15) is 0 Å². The van der Waals surface area contributed by atoms with Gasteiger partial charge in [-0.1, -0.05) is 6.92 Å². The molecule has 2 atom stereocenters. The third-order valence-electron chi connectivity index (χ3n) is 2.08. The van der Waals surface area contributed by atoms with Crippen LogP contribution < -0.4 is 5.32 Å². The predicted molar refractivity (Wildman–Crippen MR) is 47.7 cm³/mol. The SMILES string of the molecule is CC1CC(C)NC(C)C1.Cl. The number of hydrogen-bond acceptors (Lipinski definition) is 1. The summed E-state index contributed by atoms with van der Waals surface area (Å²) in [5.74, 6) is 0.927. The Morgan fingerprint density at radius 1 is 1.00 bits per heavy atom. The van der Waals surface area contributed by atoms with E-state index in [4.69, 9.17) is 0 Å². The summed E-state index contributed by atoms with van der Waals surface area (Å²) in [6, 6.07) is 1.48. The third kappa shape index (κ3) is 2.89. The lowest BCUT2D eigenvalue weighted by Gasteiger charge is -2.30. The summed E-state index contributed by atoms with van der Waals surface area (Å²) < 4.78 is 0. The average molecular weight is 164 g/mol. The first-order chi connectivity index (χ1) is 4.18. The van der Waals surface area contributed by atoms with Gasteiger partial charge in [-0.05, 0) is 32.6 Å². The summed E-state index contributed by atoms with van der Waals surface area (Å²) >= 11 is 0. The number of hydrogen-bond donors (Lipinski definition) is 1. The van der Waals surface area contributed by atoms with E-state index in [0.717, 1.165) is 18.0 Å². The van der Waals surface area contributed by atoms with Gasteiger partial charge in [0.2, 0.25) is 0 Å². The largest absolute Gasteiger partial charge is 0.312 e. The zero-order valence-corrected chi connectivity index (χ0v) is 7.87. The quantitative estimate of drug-likeness (QED) is 0.578. The highest BCUT2D eigenvalue weighted by Gasteiger charge is 2.18. The number of halogens is 1. The van der Waals surface area contributed by atoms with Crippen LogP contribution in [-0.4, -0.2) is 12.1 Å². The minimum absolute atomic E-state index is 0. The van der Waals surface area contributed by atoms with Crippen LogP contribution in [0.15, 0.2) is 0 Å². The molecule has 0 amide bonds. The van der Waals surface area contributed by atoms with Crippen molar-refractivity contribution < 1.29 is 0 Å². The molecule has 1 rings (SSSR count). The molecular formula is C8H18ClN. The molecule has 1 nitrogen and oxygen atoms in total. The molecule has 1 heterocycles. The van der Waals surface area contributed by atoms with Crippen LogP contribution in [0.5, 0.6) is 0 Å². The van der Waals surface area contributed by atoms with Crippen molar-refractivity contribution in [2.45, 2.75) is 45.7 Å². The van der Waals surface area contributed by atoms with Crippen molar-refractivity contribution in [1.82, 2.24) is 5.32 Å². The number of nitrogens with one attached hydrogen (secondary N) is 1. The normalized spacial score (nSPS) is 40.5. The van der Waals surface area contributed by atoms with E-state index in [1.165, 1.54) is 12.8 Å². The van der Waals surface area contributed by atoms with E-state index in [9.17, 15) is 0 Å². The fourth-order valence-electron chi connectivity index (χ4n) is 1.93. The Balaban J connectivity index is 0.000000810. The Labute approximate surface area is 70.0 Å². The van der Waals surface area contributed by atoms with Gasteiger partial charge in [0, 0.05) is 12.1 Å². The Morgan fingerprint density at radius 3 is 1.70 bits per heavy atom. The van der Waals surface area contributed by atoms with Gasteiger partial charge < -0.3 is 5.32 Å². The van der Waals surface area contributed by atoms with Crippen molar-refractivity contribution in [3.05, 3.63) is 0 Å². The minimum Gasteiger partial charge on any atom is -0.312 e. The van der Waals surface area contributed by atoms with Crippen LogP contribution in [-0.2, 0) is 0 Å². The van der Waals surface area contributed by atoms with E-state index in [1.54, 1.807) is 0 Å². The molecule has 0 aromatic carbocycles. The standard InChI is InChI=1S/C8H17N.ClH/c1-6-4-7(2)9-8(3)5-6;/h6-9H,4-5H2,1-3H3;1H. The second-order valence-electron chi connectivity index (χ2n) is 3.55. The molecule has 0 aliphatic carbocycles. The molecule has 0 radical (unpaired) electrons. The number of rotatable bonds is 0. The van der Waals surface area contributed by atoms with Crippen LogP contribution in [0.1, 0.15) is 33.6 Å². The van der Waals surface area contributed by atoms with Gasteiger partial charge in [-0.25, -0.2) is 0 Å². The molecule has 1 N–H and O–H groups in total. The van der Waals surface area contributed by atoms with E-state index in [-0.39, 0.29) is 12.4 Å². The minimum atomic E-state index is 0. The molecule has 0 aromatic heterocycles. The van der Waals surface area contributed by atoms with E-state index < -0.39 is 0 Å². The fraction of sp³-hybridized carbons (Fsp3) is 1.00. The maximum atomic E-state index is 3.51. The van der Waals surface area contributed by atoms with Crippen LogP contribution in [0.3, 0.4) is 0 Å². The van der Waals surface area contributed by atoms with E-state index in [1.807, 2.05) is 0 Å². The first-order valence-electron chi connectivity index (χ1n) is 3.94. The molecule has 1 saturated heterocycles. The van der Waals surface area contributed by atoms with Gasteiger partial charge in [-0.15, -0.1) is 12.4 Å². The van der Waals surface area contributed by atoms with Gasteiger partial charge in [0.15, 0.2) is 0 Å². The molecule has 0 saturated carbocycles. The van der Waals surface area contributed by atoms with Gasteiger partial charge in [0.05, 0.1) is 0 Å². The van der Waals surface area contributed by atoms with E-state index in [2.05, 4.69) is 26.1 Å². The lowest BCUT2D eigenvalue weighted by atomic mass is 9.91. The van der Waals surface area contributed by atoms with Crippen molar-refractivity contribution >= 4 is 12.4 Å². The molecule has 1 fully saturated rings. The highest BCUT2D eigenvalue weighted by molar-refractivity contribution is 5.85. The molecule has 0 aromatic rings. The molecule has 62 valence electrons. The second kappa shape index (κ2) is 4.20. The van der Waals surface area contributed by atoms with Crippen LogP contribution in [0, 0.1) is 5.92 Å². The van der Waals surface area contributed by atoms with Crippen LogP contribution in [0.25, 0.3) is 0 Å². The monoisotopic (exact) mass is 163 g/mol. The van der Waals surface area contributed by atoms with E-state index in [0.29, 0.717) is 0 Å². The van der Waals surface area contributed by atoms with Crippen molar-refractivity contribution in [1.29, 1.82) is 0 Å². The molecule has 10 heavy (non-hydrogen) atoms. The topological polar surface area (TPSA) is 12.0 Å². The molecule has 2 unspecified atom stereocenters. The first kappa shape index (κ1) is 10.2. The summed E-state index contributed by atoms with van der Waals surface area (Å²) in [6.07, 6.45) is 2.70. The molecular weight excluding hydrogens is 146 g/mol. The maximum Gasteiger partial charge on any atom is 0.00437 e. The summed E-state index contributed by atoms with van der Waals surface area (Å²) in [5.41, 5.74) is 0. The smallest absolute Gasteiger partial charge is 0.00437 e. The second-order valence-corrected chi connectivity index (χ2v) is 3.55. The molecule has 1 aliphatic heterocycles. The van der Waals surface area contributed by atoms with Crippen molar-refractivity contribution in [2.75, 3.05) is 0 Å². The highest BCUT2D eigenvalue weighted by Crippen LogP contribution is 2.18. The summed E-state index contributed by atoms with van der Waals surface area (Å²) in [6.45, 7) is 6.88. The maximum absolute atomic E-state index is 3.51. The predicted octanol–water partition coefficient (Wildman–Crippen LogP) is 2.20. The van der Waals surface area contributed by atoms with Gasteiger partial charge in [0.25, 0.3) is 0 Å². The van der Waals surface area contributed by atoms with Crippen LogP contribution in [0.4, 0.5) is 0 Å². The summed E-state index contributed by atoms with van der Waals surface area (Å²) in [4.78, 5) is 0. The van der Waals surface area contributed by atoms with Crippen molar-refractivity contribution in [3.63, 3.8) is 0 Å². The molecule has 0 spiro atoms. The van der Waals surface area contributed by atoms with Crippen molar-refractivity contribution in [2.24, 2.45) is 5.92 Å². The Morgan fingerprint density at radius 2 is 1.40 bits per heavy atom. The van der Waals surface area contributed by atoms with E-state index >= 15 is 0 Å². The Hall–Kier alpha value is 0.250. The first-order valence-corrected chi connectivity index (χ1v) is 3.94. The average Bonchev–Trinajstić information content (AvgIpc) is 1.59. The zero-order valence-electron chi connectivity index (χ0n) is 7.05. The third-order valence-corrected chi connectivity index (χ3v) is 2.08. The Kier molecular flexibility index (Phi) is 4.30. The molecule has 0 bridgehead atoms. The van der Waals surface area contributed by atoms with Crippen LogP contribution >= 0.6 is 12.4 Å². The lowest BCUT2D eigenvalue weighted by molar-refractivity contribution is 0.279. The van der Waals surface area contributed by atoms with Gasteiger partial charge >= 0.3 is 0 Å². The fourth-order valence-corrected chi connectivity index (χ4v) is 1.93. The summed E-state index contributed by atoms with van der Waals surface area (Å²) in [5, 5.41) is 3.51. The van der Waals surface area contributed by atoms with Gasteiger partial charge in [0.1, 0.15) is 0 Å². The lowest BCUT2D eigenvalue weighted by Crippen LogP contribution is -2.41. The molecule has 1 aliphatic rings. The number of piperidine rings is 1. The Bertz CT molecular complexity index is 70.2. The zero-order chi connectivity index (χ0) is 6.85. The summed E-state index contributed by atoms with van der Waals surface area (Å²) in [7, 11) is 0. The van der Waals surface area contributed by atoms with Crippen LogP contribution in [0.2, 0.25) is 0 Å².